The summed E-state index contributed by atoms with van der Waals surface area (Å²) in [6.45, 7) is 0.664. The lowest BCUT2D eigenvalue weighted by Crippen LogP contribution is -2.04. The lowest BCUT2D eigenvalue weighted by atomic mass is 10.2. The van der Waals surface area contributed by atoms with Gasteiger partial charge in [0.1, 0.15) is 5.82 Å². The number of fused-ring (bicyclic) bond motifs is 1. The zero-order valence-corrected chi connectivity index (χ0v) is 13.7. The first kappa shape index (κ1) is 14.9. The van der Waals surface area contributed by atoms with Gasteiger partial charge in [-0.15, -0.1) is 5.10 Å². The maximum atomic E-state index is 13.8. The molecule has 0 saturated heterocycles. The van der Waals surface area contributed by atoms with Gasteiger partial charge in [-0.05, 0) is 61.0 Å². The Balaban J connectivity index is 1.22. The van der Waals surface area contributed by atoms with Crippen LogP contribution in [0.25, 0.3) is 5.69 Å². The second-order valence-electron chi connectivity index (χ2n) is 7.57. The lowest BCUT2D eigenvalue weighted by Gasteiger charge is -2.04. The standard InChI is InChI=1S/C19H19FN2O3/c20-14-11-12(1-2-13(14)17(23)24)22-9-3-16(21-22)25-10-4-15-18(5-6-18)19(15)7-8-19/h1-3,9,11,15H,4-8,10H2,(H,23,24). The Morgan fingerprint density at radius 2 is 2.00 bits per heavy atom. The number of carboxylic acid groups (broad SMARTS) is 1. The maximum absolute atomic E-state index is 13.8. The first-order valence-electron chi connectivity index (χ1n) is 8.77. The molecule has 2 spiro atoms. The smallest absolute Gasteiger partial charge is 0.338 e. The van der Waals surface area contributed by atoms with Crippen LogP contribution in [0.4, 0.5) is 4.39 Å². The molecule has 3 aliphatic rings. The van der Waals surface area contributed by atoms with Gasteiger partial charge in [0.15, 0.2) is 0 Å². The Bertz CT molecular complexity index is 849. The molecule has 1 N–H and O–H groups in total. The molecule has 5 rings (SSSR count). The minimum absolute atomic E-state index is 0.347. The fourth-order valence-electron chi connectivity index (χ4n) is 4.98. The third kappa shape index (κ3) is 2.12. The molecular weight excluding hydrogens is 323 g/mol. The van der Waals surface area contributed by atoms with E-state index in [-0.39, 0.29) is 5.56 Å². The van der Waals surface area contributed by atoms with E-state index in [9.17, 15) is 9.18 Å². The number of aromatic carboxylic acids is 1. The number of aromatic nitrogens is 2. The fraction of sp³-hybridized carbons (Fsp3) is 0.474. The number of halogens is 1. The van der Waals surface area contributed by atoms with Crippen molar-refractivity contribution in [1.29, 1.82) is 0 Å². The number of rotatable bonds is 6. The van der Waals surface area contributed by atoms with Gasteiger partial charge in [0.2, 0.25) is 5.88 Å². The number of carbonyl (C=O) groups is 1. The maximum Gasteiger partial charge on any atom is 0.338 e. The number of hydrogen-bond acceptors (Lipinski definition) is 3. The van der Waals surface area contributed by atoms with E-state index in [0.29, 0.717) is 29.0 Å². The van der Waals surface area contributed by atoms with Gasteiger partial charge >= 0.3 is 5.97 Å². The largest absolute Gasteiger partial charge is 0.478 e. The van der Waals surface area contributed by atoms with Crippen LogP contribution in [0.3, 0.4) is 0 Å². The predicted octanol–water partition coefficient (Wildman–Crippen LogP) is 3.67. The highest BCUT2D eigenvalue weighted by atomic mass is 19.1. The van der Waals surface area contributed by atoms with Crippen molar-refractivity contribution in [3.63, 3.8) is 0 Å². The van der Waals surface area contributed by atoms with E-state index in [1.165, 1.54) is 42.5 Å². The van der Waals surface area contributed by atoms with Crippen molar-refractivity contribution < 1.29 is 19.0 Å². The summed E-state index contributed by atoms with van der Waals surface area (Å²) in [7, 11) is 0. The topological polar surface area (TPSA) is 64.3 Å². The van der Waals surface area contributed by atoms with E-state index in [4.69, 9.17) is 9.84 Å². The van der Waals surface area contributed by atoms with E-state index in [1.54, 1.807) is 12.3 Å². The van der Waals surface area contributed by atoms with Crippen molar-refractivity contribution in [3.05, 3.63) is 41.8 Å². The molecule has 3 aliphatic carbocycles. The molecule has 2 aromatic rings. The summed E-state index contributed by atoms with van der Waals surface area (Å²) in [4.78, 5) is 10.9. The Morgan fingerprint density at radius 3 is 2.60 bits per heavy atom. The lowest BCUT2D eigenvalue weighted by molar-refractivity contribution is 0.0692. The third-order valence-corrected chi connectivity index (χ3v) is 6.49. The highest BCUT2D eigenvalue weighted by molar-refractivity contribution is 5.88. The van der Waals surface area contributed by atoms with Crippen molar-refractivity contribution in [3.8, 4) is 11.6 Å². The van der Waals surface area contributed by atoms with Crippen molar-refractivity contribution in [2.24, 2.45) is 16.7 Å². The third-order valence-electron chi connectivity index (χ3n) is 6.49. The molecule has 25 heavy (non-hydrogen) atoms. The van der Waals surface area contributed by atoms with E-state index in [0.717, 1.165) is 18.4 Å². The van der Waals surface area contributed by atoms with Crippen molar-refractivity contribution in [1.82, 2.24) is 9.78 Å². The number of benzene rings is 1. The molecule has 1 aromatic heterocycles. The van der Waals surface area contributed by atoms with Gasteiger partial charge in [-0.1, -0.05) is 0 Å². The molecule has 0 unspecified atom stereocenters. The molecule has 0 atom stereocenters. The zero-order valence-electron chi connectivity index (χ0n) is 13.7. The minimum atomic E-state index is -1.28. The Kier molecular flexibility index (Phi) is 2.89. The van der Waals surface area contributed by atoms with Crippen molar-refractivity contribution >= 4 is 5.97 Å². The number of nitrogens with zero attached hydrogens (tertiary/aromatic N) is 2. The fourth-order valence-corrected chi connectivity index (χ4v) is 4.98. The molecule has 5 nitrogen and oxygen atoms in total. The summed E-state index contributed by atoms with van der Waals surface area (Å²) in [5.74, 6) is -0.700. The highest BCUT2D eigenvalue weighted by Gasteiger charge is 2.85. The molecule has 0 aliphatic heterocycles. The van der Waals surface area contributed by atoms with Crippen LogP contribution in [0.2, 0.25) is 0 Å². The van der Waals surface area contributed by atoms with Crippen LogP contribution in [-0.2, 0) is 0 Å². The van der Waals surface area contributed by atoms with E-state index in [2.05, 4.69) is 5.10 Å². The first-order valence-corrected chi connectivity index (χ1v) is 8.77. The Hall–Kier alpha value is -2.37. The average molecular weight is 342 g/mol. The highest BCUT2D eigenvalue weighted by Crippen LogP contribution is 2.93. The van der Waals surface area contributed by atoms with Gasteiger partial charge in [-0.3, -0.25) is 0 Å². The summed E-state index contributed by atoms with van der Waals surface area (Å²) in [6.07, 6.45) is 8.41. The van der Waals surface area contributed by atoms with Gasteiger partial charge in [0.25, 0.3) is 0 Å². The summed E-state index contributed by atoms with van der Waals surface area (Å²) in [6, 6.07) is 5.68. The number of carboxylic acids is 1. The molecule has 3 fully saturated rings. The summed E-state index contributed by atoms with van der Waals surface area (Å²) >= 11 is 0. The van der Waals surface area contributed by atoms with Crippen LogP contribution in [0.5, 0.6) is 5.88 Å². The van der Waals surface area contributed by atoms with Gasteiger partial charge in [-0.25, -0.2) is 13.9 Å². The van der Waals surface area contributed by atoms with Crippen LogP contribution in [-0.4, -0.2) is 27.5 Å². The molecule has 3 saturated carbocycles. The molecule has 1 aromatic carbocycles. The Labute approximate surface area is 144 Å². The summed E-state index contributed by atoms with van der Waals surface area (Å²) in [5.41, 5.74) is 1.51. The molecule has 0 bridgehead atoms. The van der Waals surface area contributed by atoms with E-state index in [1.807, 2.05) is 0 Å². The summed E-state index contributed by atoms with van der Waals surface area (Å²) in [5, 5.41) is 13.2. The number of hydrogen-bond donors (Lipinski definition) is 1. The van der Waals surface area contributed by atoms with Crippen LogP contribution < -0.4 is 4.74 Å². The number of ether oxygens (including phenoxy) is 1. The Morgan fingerprint density at radius 1 is 1.28 bits per heavy atom. The molecule has 0 radical (unpaired) electrons. The van der Waals surface area contributed by atoms with Crippen molar-refractivity contribution in [2.45, 2.75) is 32.1 Å². The van der Waals surface area contributed by atoms with Crippen molar-refractivity contribution in [2.75, 3.05) is 6.61 Å². The molecule has 1 heterocycles. The predicted molar refractivity (Wildman–Crippen MR) is 87.4 cm³/mol. The molecule has 130 valence electrons. The summed E-state index contributed by atoms with van der Waals surface area (Å²) < 4.78 is 21.1. The van der Waals surface area contributed by atoms with Gasteiger partial charge < -0.3 is 9.84 Å². The quantitative estimate of drug-likeness (QED) is 0.870. The van der Waals surface area contributed by atoms with Gasteiger partial charge in [0.05, 0.1) is 17.9 Å². The monoisotopic (exact) mass is 342 g/mol. The zero-order chi connectivity index (χ0) is 17.2. The molecule has 6 heteroatoms. The van der Waals surface area contributed by atoms with Gasteiger partial charge in [0, 0.05) is 18.3 Å². The molecular formula is C19H19FN2O3. The minimum Gasteiger partial charge on any atom is -0.478 e. The van der Waals surface area contributed by atoms with Gasteiger partial charge in [-0.2, -0.15) is 0 Å². The van der Waals surface area contributed by atoms with E-state index >= 15 is 0 Å². The van der Waals surface area contributed by atoms with E-state index < -0.39 is 11.8 Å². The van der Waals surface area contributed by atoms with Crippen LogP contribution >= 0.6 is 0 Å². The SMILES string of the molecule is O=C(O)c1ccc(-n2ccc(OCCC3C4(CC4)C34CC4)n2)cc1F. The molecule has 0 amide bonds. The average Bonchev–Trinajstić information content (AvgIpc) is 3.53. The first-order chi connectivity index (χ1) is 12.1. The van der Waals surface area contributed by atoms with Crippen LogP contribution in [0.15, 0.2) is 30.5 Å². The van der Waals surface area contributed by atoms with Crippen LogP contribution in [0, 0.1) is 22.6 Å². The second kappa shape index (κ2) is 4.84. The normalized spacial score (nSPS) is 21.5. The van der Waals surface area contributed by atoms with Crippen LogP contribution in [0.1, 0.15) is 42.5 Å². The second-order valence-corrected chi connectivity index (χ2v) is 7.57.